The summed E-state index contributed by atoms with van der Waals surface area (Å²) < 4.78 is 6.04. The van der Waals surface area contributed by atoms with Gasteiger partial charge in [-0.2, -0.15) is 15.1 Å². The molecule has 0 radical (unpaired) electrons. The Morgan fingerprint density at radius 2 is 2.16 bits per heavy atom. The zero-order chi connectivity index (χ0) is 13.2. The molecular formula is C12H18N6O. The summed E-state index contributed by atoms with van der Waals surface area (Å²) in [7, 11) is 3.92. The van der Waals surface area contributed by atoms with Crippen LogP contribution in [-0.2, 0) is 0 Å². The third-order valence-corrected chi connectivity index (χ3v) is 3.44. The van der Waals surface area contributed by atoms with E-state index in [2.05, 4.69) is 37.4 Å². The lowest BCUT2D eigenvalue weighted by Gasteiger charge is -2.29. The number of aromatic amines is 1. The van der Waals surface area contributed by atoms with Gasteiger partial charge in [0.05, 0.1) is 6.20 Å². The molecule has 3 rings (SSSR count). The van der Waals surface area contributed by atoms with Crippen LogP contribution in [-0.4, -0.2) is 58.4 Å². The molecule has 0 saturated carbocycles. The molecule has 2 aromatic rings. The lowest BCUT2D eigenvalue weighted by Crippen LogP contribution is -2.35. The molecule has 1 aliphatic rings. The first-order valence-corrected chi connectivity index (χ1v) is 6.50. The van der Waals surface area contributed by atoms with E-state index in [4.69, 9.17) is 4.74 Å². The molecule has 0 aromatic carbocycles. The van der Waals surface area contributed by atoms with Crippen molar-refractivity contribution in [3.8, 4) is 5.88 Å². The fourth-order valence-corrected chi connectivity index (χ4v) is 2.27. The van der Waals surface area contributed by atoms with Crippen molar-refractivity contribution in [1.29, 1.82) is 0 Å². The largest absolute Gasteiger partial charge is 0.474 e. The van der Waals surface area contributed by atoms with Crippen LogP contribution in [0.3, 0.4) is 0 Å². The molecule has 2 aromatic heterocycles. The van der Waals surface area contributed by atoms with Gasteiger partial charge in [-0.1, -0.05) is 0 Å². The number of ether oxygens (including phenoxy) is 1. The fourth-order valence-electron chi connectivity index (χ4n) is 2.27. The summed E-state index contributed by atoms with van der Waals surface area (Å²) in [5.74, 6) is 1.15. The second-order valence-electron chi connectivity index (χ2n) is 4.86. The smallest absolute Gasteiger partial charge is 0.229 e. The van der Waals surface area contributed by atoms with Crippen molar-refractivity contribution in [2.75, 3.05) is 32.5 Å². The van der Waals surface area contributed by atoms with Crippen LogP contribution >= 0.6 is 0 Å². The van der Waals surface area contributed by atoms with Crippen molar-refractivity contribution in [2.45, 2.75) is 18.9 Å². The zero-order valence-electron chi connectivity index (χ0n) is 11.2. The highest BCUT2D eigenvalue weighted by molar-refractivity contribution is 5.80. The van der Waals surface area contributed by atoms with E-state index >= 15 is 0 Å². The summed E-state index contributed by atoms with van der Waals surface area (Å²) in [4.78, 5) is 11.0. The van der Waals surface area contributed by atoms with Crippen LogP contribution in [0.2, 0.25) is 0 Å². The van der Waals surface area contributed by atoms with Gasteiger partial charge in [-0.15, -0.1) is 0 Å². The molecule has 7 heteroatoms. The molecule has 0 unspecified atom stereocenters. The Kier molecular flexibility index (Phi) is 3.20. The predicted molar refractivity (Wildman–Crippen MR) is 72.4 cm³/mol. The van der Waals surface area contributed by atoms with Crippen molar-refractivity contribution >= 4 is 17.0 Å². The number of anilines is 1. The van der Waals surface area contributed by atoms with Gasteiger partial charge in [0.2, 0.25) is 11.8 Å². The van der Waals surface area contributed by atoms with Gasteiger partial charge in [-0.05, 0) is 19.9 Å². The van der Waals surface area contributed by atoms with E-state index in [1.807, 2.05) is 0 Å². The average Bonchev–Trinajstić information content (AvgIpc) is 2.89. The number of hydrogen-bond acceptors (Lipinski definition) is 6. The maximum atomic E-state index is 6.04. The first kappa shape index (κ1) is 12.2. The standard InChI is InChI=1S/C12H18N6O/c1-13-12-15-10-9(7-14-17-10)11(16-12)19-8-3-5-18(2)6-4-8/h7-8H,3-6H2,1-2H3,(H2,13,14,15,16,17). The van der Waals surface area contributed by atoms with Crippen LogP contribution in [0.15, 0.2) is 6.20 Å². The van der Waals surface area contributed by atoms with Crippen LogP contribution < -0.4 is 10.1 Å². The van der Waals surface area contributed by atoms with Crippen molar-refractivity contribution in [2.24, 2.45) is 0 Å². The van der Waals surface area contributed by atoms with Crippen LogP contribution in [0.4, 0.5) is 5.95 Å². The van der Waals surface area contributed by atoms with Gasteiger partial charge in [0, 0.05) is 20.1 Å². The van der Waals surface area contributed by atoms with E-state index in [1.165, 1.54) is 0 Å². The van der Waals surface area contributed by atoms with E-state index in [0.29, 0.717) is 17.5 Å². The predicted octanol–water partition coefficient (Wildman–Crippen LogP) is 0.868. The minimum atomic E-state index is 0.217. The first-order valence-electron chi connectivity index (χ1n) is 6.50. The summed E-state index contributed by atoms with van der Waals surface area (Å²) in [5, 5.41) is 10.6. The van der Waals surface area contributed by atoms with Crippen molar-refractivity contribution in [1.82, 2.24) is 25.1 Å². The lowest BCUT2D eigenvalue weighted by atomic mass is 10.1. The number of likely N-dealkylation sites (tertiary alicyclic amines) is 1. The number of nitrogens with one attached hydrogen (secondary N) is 2. The Hall–Kier alpha value is -1.89. The minimum Gasteiger partial charge on any atom is -0.474 e. The molecular weight excluding hydrogens is 244 g/mol. The molecule has 7 nitrogen and oxygen atoms in total. The van der Waals surface area contributed by atoms with Gasteiger partial charge in [-0.25, -0.2) is 0 Å². The van der Waals surface area contributed by atoms with Crippen molar-refractivity contribution in [3.05, 3.63) is 6.20 Å². The molecule has 0 spiro atoms. The van der Waals surface area contributed by atoms with E-state index in [0.717, 1.165) is 31.3 Å². The number of piperidine rings is 1. The summed E-state index contributed by atoms with van der Waals surface area (Å²) in [6.45, 7) is 2.12. The monoisotopic (exact) mass is 262 g/mol. The molecule has 1 saturated heterocycles. The van der Waals surface area contributed by atoms with Crippen LogP contribution in [0, 0.1) is 0 Å². The number of fused-ring (bicyclic) bond motifs is 1. The Bertz CT molecular complexity index is 560. The average molecular weight is 262 g/mol. The minimum absolute atomic E-state index is 0.217. The third kappa shape index (κ3) is 2.46. The van der Waals surface area contributed by atoms with Gasteiger partial charge in [0.25, 0.3) is 0 Å². The van der Waals surface area contributed by atoms with E-state index in [-0.39, 0.29) is 6.10 Å². The molecule has 0 bridgehead atoms. The molecule has 0 atom stereocenters. The summed E-state index contributed by atoms with van der Waals surface area (Å²) in [5.41, 5.74) is 0.697. The summed E-state index contributed by atoms with van der Waals surface area (Å²) >= 11 is 0. The molecule has 19 heavy (non-hydrogen) atoms. The summed E-state index contributed by atoms with van der Waals surface area (Å²) in [6, 6.07) is 0. The Balaban J connectivity index is 1.85. The van der Waals surface area contributed by atoms with Gasteiger partial charge in [-0.3, -0.25) is 5.10 Å². The number of H-pyrrole nitrogens is 1. The second kappa shape index (κ2) is 5.00. The molecule has 3 heterocycles. The lowest BCUT2D eigenvalue weighted by molar-refractivity contribution is 0.111. The molecule has 102 valence electrons. The van der Waals surface area contributed by atoms with E-state index < -0.39 is 0 Å². The van der Waals surface area contributed by atoms with E-state index in [1.54, 1.807) is 13.2 Å². The topological polar surface area (TPSA) is 79.0 Å². The Morgan fingerprint density at radius 1 is 1.37 bits per heavy atom. The molecule has 2 N–H and O–H groups in total. The van der Waals surface area contributed by atoms with Gasteiger partial charge >= 0.3 is 0 Å². The summed E-state index contributed by atoms with van der Waals surface area (Å²) in [6.07, 6.45) is 3.97. The third-order valence-electron chi connectivity index (χ3n) is 3.44. The highest BCUT2D eigenvalue weighted by Crippen LogP contribution is 2.25. The number of rotatable bonds is 3. The fraction of sp³-hybridized carbons (Fsp3) is 0.583. The molecule has 1 aliphatic heterocycles. The number of nitrogens with zero attached hydrogens (tertiary/aromatic N) is 4. The highest BCUT2D eigenvalue weighted by Gasteiger charge is 2.20. The maximum Gasteiger partial charge on any atom is 0.229 e. The van der Waals surface area contributed by atoms with Crippen molar-refractivity contribution < 1.29 is 4.74 Å². The normalized spacial score (nSPS) is 17.8. The second-order valence-corrected chi connectivity index (χ2v) is 4.86. The SMILES string of the molecule is CNc1nc(OC2CCN(C)CC2)c2cn[nH]c2n1. The maximum absolute atomic E-state index is 6.04. The van der Waals surface area contributed by atoms with Gasteiger partial charge < -0.3 is 15.0 Å². The zero-order valence-corrected chi connectivity index (χ0v) is 11.2. The Labute approximate surface area is 111 Å². The van der Waals surface area contributed by atoms with Crippen LogP contribution in [0.1, 0.15) is 12.8 Å². The number of aromatic nitrogens is 4. The van der Waals surface area contributed by atoms with Crippen LogP contribution in [0.5, 0.6) is 5.88 Å². The molecule has 0 aliphatic carbocycles. The van der Waals surface area contributed by atoms with Gasteiger partial charge in [0.15, 0.2) is 5.65 Å². The van der Waals surface area contributed by atoms with Crippen molar-refractivity contribution in [3.63, 3.8) is 0 Å². The number of hydrogen-bond donors (Lipinski definition) is 2. The first-order chi connectivity index (χ1) is 9.26. The quantitative estimate of drug-likeness (QED) is 0.854. The van der Waals surface area contributed by atoms with Crippen LogP contribution in [0.25, 0.3) is 11.0 Å². The Morgan fingerprint density at radius 3 is 2.89 bits per heavy atom. The molecule has 0 amide bonds. The van der Waals surface area contributed by atoms with Gasteiger partial charge in [0.1, 0.15) is 11.5 Å². The highest BCUT2D eigenvalue weighted by atomic mass is 16.5. The van der Waals surface area contributed by atoms with E-state index in [9.17, 15) is 0 Å². The molecule has 1 fully saturated rings.